The molecule has 2 aromatic carbocycles. The van der Waals surface area contributed by atoms with Crippen LogP contribution in [0.2, 0.25) is 0 Å². The van der Waals surface area contributed by atoms with Gasteiger partial charge in [0.05, 0.1) is 17.0 Å². The van der Waals surface area contributed by atoms with E-state index in [9.17, 15) is 4.79 Å². The van der Waals surface area contributed by atoms with Gasteiger partial charge in [-0.25, -0.2) is 9.50 Å². The molecule has 0 aliphatic carbocycles. The van der Waals surface area contributed by atoms with Gasteiger partial charge in [-0.1, -0.05) is 18.2 Å². The van der Waals surface area contributed by atoms with Crippen LogP contribution in [0, 0.1) is 20.8 Å². The molecule has 0 radical (unpaired) electrons. The van der Waals surface area contributed by atoms with E-state index in [1.165, 1.54) is 10.1 Å². The SMILES string of the molecule is Cc1cc2ncc(C(=O)Nc3cc(C)c(N)c(-c4cc5ccccc5s4)c3)c(C)n2n1. The van der Waals surface area contributed by atoms with Gasteiger partial charge in [-0.2, -0.15) is 5.10 Å². The highest BCUT2D eigenvalue weighted by Gasteiger charge is 2.16. The first-order chi connectivity index (χ1) is 14.9. The van der Waals surface area contributed by atoms with Gasteiger partial charge in [0.1, 0.15) is 0 Å². The molecule has 0 spiro atoms. The molecule has 3 N–H and O–H groups in total. The molecular weight excluding hydrogens is 406 g/mol. The van der Waals surface area contributed by atoms with Gasteiger partial charge < -0.3 is 11.1 Å². The Balaban J connectivity index is 1.52. The molecule has 0 aliphatic rings. The van der Waals surface area contributed by atoms with E-state index in [0.29, 0.717) is 11.3 Å². The van der Waals surface area contributed by atoms with Crippen LogP contribution in [-0.2, 0) is 0 Å². The third kappa shape index (κ3) is 3.33. The average Bonchev–Trinajstić information content (AvgIpc) is 3.34. The van der Waals surface area contributed by atoms with Crippen molar-refractivity contribution in [1.29, 1.82) is 0 Å². The molecule has 0 fully saturated rings. The van der Waals surface area contributed by atoms with Gasteiger partial charge in [0.15, 0.2) is 5.65 Å². The van der Waals surface area contributed by atoms with Crippen LogP contribution in [0.1, 0.15) is 27.3 Å². The molecule has 0 saturated carbocycles. The van der Waals surface area contributed by atoms with Crippen LogP contribution >= 0.6 is 11.3 Å². The van der Waals surface area contributed by atoms with E-state index >= 15 is 0 Å². The lowest BCUT2D eigenvalue weighted by Crippen LogP contribution is -2.16. The number of carbonyl (C=O) groups excluding carboxylic acids is 1. The number of hydrogen-bond donors (Lipinski definition) is 2. The molecule has 31 heavy (non-hydrogen) atoms. The van der Waals surface area contributed by atoms with Crippen molar-refractivity contribution in [2.75, 3.05) is 11.1 Å². The molecule has 0 aliphatic heterocycles. The van der Waals surface area contributed by atoms with Gasteiger partial charge >= 0.3 is 0 Å². The zero-order chi connectivity index (χ0) is 21.7. The Hall–Kier alpha value is -3.71. The second-order valence-corrected chi connectivity index (χ2v) is 8.75. The molecule has 154 valence electrons. The molecule has 5 aromatic rings. The molecule has 3 aromatic heterocycles. The maximum absolute atomic E-state index is 13.0. The minimum Gasteiger partial charge on any atom is -0.398 e. The van der Waals surface area contributed by atoms with Crippen LogP contribution in [0.25, 0.3) is 26.2 Å². The van der Waals surface area contributed by atoms with E-state index in [2.05, 4.69) is 33.6 Å². The van der Waals surface area contributed by atoms with E-state index in [0.717, 1.165) is 38.7 Å². The van der Waals surface area contributed by atoms with Crippen LogP contribution in [0.5, 0.6) is 0 Å². The molecule has 0 saturated heterocycles. The summed E-state index contributed by atoms with van der Waals surface area (Å²) < 4.78 is 2.90. The summed E-state index contributed by atoms with van der Waals surface area (Å²) in [5.74, 6) is -0.230. The quantitative estimate of drug-likeness (QED) is 0.379. The molecule has 5 rings (SSSR count). The first kappa shape index (κ1) is 19.3. The molecule has 7 heteroatoms. The number of aromatic nitrogens is 3. The van der Waals surface area contributed by atoms with Crippen molar-refractivity contribution < 1.29 is 4.79 Å². The summed E-state index contributed by atoms with van der Waals surface area (Å²) in [5, 5.41) is 8.61. The summed E-state index contributed by atoms with van der Waals surface area (Å²) in [6.45, 7) is 5.72. The summed E-state index contributed by atoms with van der Waals surface area (Å²) in [6.07, 6.45) is 1.60. The number of nitrogens with two attached hydrogens (primary N) is 1. The summed E-state index contributed by atoms with van der Waals surface area (Å²) >= 11 is 1.69. The van der Waals surface area contributed by atoms with Crippen LogP contribution < -0.4 is 11.1 Å². The van der Waals surface area contributed by atoms with Crippen molar-refractivity contribution >= 4 is 44.4 Å². The highest BCUT2D eigenvalue weighted by atomic mass is 32.1. The van der Waals surface area contributed by atoms with Gasteiger partial charge in [0.25, 0.3) is 5.91 Å². The Labute approximate surface area is 183 Å². The van der Waals surface area contributed by atoms with Crippen molar-refractivity contribution in [3.05, 3.63) is 77.2 Å². The molecule has 1 amide bonds. The Morgan fingerprint density at radius 1 is 1.10 bits per heavy atom. The zero-order valence-corrected chi connectivity index (χ0v) is 18.2. The number of nitrogen functional groups attached to an aromatic ring is 1. The summed E-state index contributed by atoms with van der Waals surface area (Å²) in [6, 6.07) is 16.1. The summed E-state index contributed by atoms with van der Waals surface area (Å²) in [5.41, 5.74) is 12.5. The minimum atomic E-state index is -0.230. The van der Waals surface area contributed by atoms with Crippen molar-refractivity contribution in [3.63, 3.8) is 0 Å². The van der Waals surface area contributed by atoms with Gasteiger partial charge in [-0.3, -0.25) is 4.79 Å². The fraction of sp³-hybridized carbons (Fsp3) is 0.125. The minimum absolute atomic E-state index is 0.230. The van der Waals surface area contributed by atoms with Crippen molar-refractivity contribution in [2.45, 2.75) is 20.8 Å². The Bertz CT molecular complexity index is 1450. The fourth-order valence-corrected chi connectivity index (χ4v) is 4.87. The Morgan fingerprint density at radius 3 is 2.71 bits per heavy atom. The molecule has 3 heterocycles. The van der Waals surface area contributed by atoms with Gasteiger partial charge in [0, 0.05) is 38.8 Å². The number of nitrogens with zero attached hydrogens (tertiary/aromatic N) is 3. The molecule has 0 bridgehead atoms. The molecule has 0 unspecified atom stereocenters. The monoisotopic (exact) mass is 427 g/mol. The Kier molecular flexibility index (Phi) is 4.48. The molecular formula is C24H21N5OS. The lowest BCUT2D eigenvalue weighted by atomic mass is 10.0. The number of anilines is 2. The summed E-state index contributed by atoms with van der Waals surface area (Å²) in [7, 11) is 0. The zero-order valence-electron chi connectivity index (χ0n) is 17.4. The molecule has 6 nitrogen and oxygen atoms in total. The van der Waals surface area contributed by atoms with Gasteiger partial charge in [-0.15, -0.1) is 11.3 Å². The number of carbonyl (C=O) groups is 1. The third-order valence-electron chi connectivity index (χ3n) is 5.43. The number of rotatable bonds is 3. The first-order valence-corrected chi connectivity index (χ1v) is 10.7. The highest BCUT2D eigenvalue weighted by Crippen LogP contribution is 2.39. The number of fused-ring (bicyclic) bond motifs is 2. The smallest absolute Gasteiger partial charge is 0.259 e. The molecule has 0 atom stereocenters. The second-order valence-electron chi connectivity index (χ2n) is 7.67. The van der Waals surface area contributed by atoms with E-state index in [-0.39, 0.29) is 5.91 Å². The van der Waals surface area contributed by atoms with Crippen molar-refractivity contribution in [2.24, 2.45) is 0 Å². The fourth-order valence-electron chi connectivity index (χ4n) is 3.77. The van der Waals surface area contributed by atoms with E-state index in [1.54, 1.807) is 22.0 Å². The predicted octanol–water partition coefficient (Wildman–Crippen LogP) is 5.37. The van der Waals surface area contributed by atoms with E-state index in [4.69, 9.17) is 5.73 Å². The van der Waals surface area contributed by atoms with Crippen LogP contribution in [-0.4, -0.2) is 20.5 Å². The highest BCUT2D eigenvalue weighted by molar-refractivity contribution is 7.22. The predicted molar refractivity (Wildman–Crippen MR) is 127 cm³/mol. The van der Waals surface area contributed by atoms with Crippen LogP contribution in [0.15, 0.2) is 54.7 Å². The number of benzene rings is 2. The summed E-state index contributed by atoms with van der Waals surface area (Å²) in [4.78, 5) is 18.5. The van der Waals surface area contributed by atoms with Gasteiger partial charge in [0.2, 0.25) is 0 Å². The van der Waals surface area contributed by atoms with Crippen LogP contribution in [0.3, 0.4) is 0 Å². The van der Waals surface area contributed by atoms with Crippen molar-refractivity contribution in [3.8, 4) is 10.4 Å². The maximum Gasteiger partial charge on any atom is 0.259 e. The lowest BCUT2D eigenvalue weighted by molar-refractivity contribution is 0.102. The van der Waals surface area contributed by atoms with Gasteiger partial charge in [-0.05, 0) is 56.0 Å². The normalized spacial score (nSPS) is 11.3. The largest absolute Gasteiger partial charge is 0.398 e. The number of hydrogen-bond acceptors (Lipinski definition) is 5. The number of aryl methyl sites for hydroxylation is 3. The lowest BCUT2D eigenvalue weighted by Gasteiger charge is -2.13. The van der Waals surface area contributed by atoms with Crippen molar-refractivity contribution in [1.82, 2.24) is 14.6 Å². The number of nitrogens with one attached hydrogen (secondary N) is 1. The Morgan fingerprint density at radius 2 is 1.90 bits per heavy atom. The second kappa shape index (κ2) is 7.21. The van der Waals surface area contributed by atoms with E-state index < -0.39 is 0 Å². The maximum atomic E-state index is 13.0. The number of thiophene rings is 1. The first-order valence-electron chi connectivity index (χ1n) is 9.93. The third-order valence-corrected chi connectivity index (χ3v) is 6.58. The average molecular weight is 428 g/mol. The van der Waals surface area contributed by atoms with Crippen LogP contribution in [0.4, 0.5) is 11.4 Å². The van der Waals surface area contributed by atoms with E-state index in [1.807, 2.05) is 51.1 Å². The topological polar surface area (TPSA) is 85.3 Å². The number of amides is 1. The standard InChI is InChI=1S/C24H21N5OS/c1-13-8-17(11-18(23(13)25)21-10-16-6-4-5-7-20(16)31-21)27-24(30)19-12-26-22-9-14(2)28-29(22)15(19)3/h4-12H,25H2,1-3H3,(H,27,30).